The van der Waals surface area contributed by atoms with Crippen LogP contribution in [0.15, 0.2) is 0 Å². The van der Waals surface area contributed by atoms with Crippen molar-refractivity contribution >= 4 is 5.91 Å². The lowest BCUT2D eigenvalue weighted by atomic mass is 10.2. The van der Waals surface area contributed by atoms with Gasteiger partial charge < -0.3 is 11.1 Å². The number of alkyl halides is 3. The second-order valence-corrected chi connectivity index (χ2v) is 3.04. The molecule has 0 spiro atoms. The fraction of sp³-hybridized carbons (Fsp3) is 0.875. The third kappa shape index (κ3) is 6.71. The number of halogens is 3. The summed E-state index contributed by atoms with van der Waals surface area (Å²) in [5.74, 6) is -0.528. The van der Waals surface area contributed by atoms with Gasteiger partial charge in [0.2, 0.25) is 5.91 Å². The molecule has 0 saturated carbocycles. The van der Waals surface area contributed by atoms with Gasteiger partial charge in [-0.2, -0.15) is 13.2 Å². The van der Waals surface area contributed by atoms with E-state index in [1.54, 1.807) is 6.92 Å². The van der Waals surface area contributed by atoms with Crippen LogP contribution in [-0.4, -0.2) is 24.7 Å². The molecule has 1 amide bonds. The van der Waals surface area contributed by atoms with Gasteiger partial charge in [-0.15, -0.1) is 0 Å². The monoisotopic (exact) mass is 212 g/mol. The summed E-state index contributed by atoms with van der Waals surface area (Å²) in [6.07, 6.45) is -4.51. The lowest BCUT2D eigenvalue weighted by Crippen LogP contribution is -2.41. The zero-order valence-corrected chi connectivity index (χ0v) is 8.03. The number of nitrogens with two attached hydrogens (primary N) is 1. The number of carbonyl (C=O) groups is 1. The van der Waals surface area contributed by atoms with Crippen molar-refractivity contribution in [1.29, 1.82) is 0 Å². The van der Waals surface area contributed by atoms with Crippen LogP contribution >= 0.6 is 0 Å². The van der Waals surface area contributed by atoms with Crippen LogP contribution in [0.3, 0.4) is 0 Å². The molecule has 0 heterocycles. The summed E-state index contributed by atoms with van der Waals surface area (Å²) in [7, 11) is 0. The molecule has 0 aliphatic rings. The quantitative estimate of drug-likeness (QED) is 0.649. The summed E-state index contributed by atoms with van der Waals surface area (Å²) in [5, 5.41) is 2.67. The molecule has 1 atom stereocenters. The highest BCUT2D eigenvalue weighted by Crippen LogP contribution is 2.20. The molecule has 0 aliphatic heterocycles. The van der Waals surface area contributed by atoms with E-state index in [4.69, 9.17) is 5.73 Å². The van der Waals surface area contributed by atoms with E-state index in [1.807, 2.05) is 0 Å². The number of nitrogens with one attached hydrogen (secondary N) is 1. The van der Waals surface area contributed by atoms with Gasteiger partial charge >= 0.3 is 6.18 Å². The highest BCUT2D eigenvalue weighted by molar-refractivity contribution is 5.79. The van der Waals surface area contributed by atoms with Crippen molar-refractivity contribution in [3.05, 3.63) is 0 Å². The lowest BCUT2D eigenvalue weighted by molar-refractivity contribution is -0.135. The Balaban J connectivity index is 3.58. The molecule has 3 N–H and O–H groups in total. The fourth-order valence-corrected chi connectivity index (χ4v) is 1.01. The Bertz CT molecular complexity index is 182. The minimum atomic E-state index is -4.13. The molecule has 0 aromatic heterocycles. The van der Waals surface area contributed by atoms with Crippen molar-refractivity contribution in [2.24, 2.45) is 5.73 Å². The summed E-state index contributed by atoms with van der Waals surface area (Å²) in [5.41, 5.74) is 4.99. The third-order valence-electron chi connectivity index (χ3n) is 1.78. The second kappa shape index (κ2) is 5.85. The van der Waals surface area contributed by atoms with Crippen LogP contribution < -0.4 is 11.1 Å². The van der Waals surface area contributed by atoms with E-state index in [0.717, 1.165) is 0 Å². The standard InChI is InChI=1S/C8H15F3N2O/c1-2-6(7(12)14)13-5-3-4-8(9,10)11/h6,13H,2-5H2,1H3,(H2,12,14). The maximum atomic E-state index is 11.7. The van der Waals surface area contributed by atoms with Crippen LogP contribution in [0.25, 0.3) is 0 Å². The molecule has 14 heavy (non-hydrogen) atoms. The summed E-state index contributed by atoms with van der Waals surface area (Å²) >= 11 is 0. The zero-order valence-electron chi connectivity index (χ0n) is 8.03. The van der Waals surface area contributed by atoms with Gasteiger partial charge in [0.1, 0.15) is 0 Å². The number of amides is 1. The maximum absolute atomic E-state index is 11.7. The first-order valence-electron chi connectivity index (χ1n) is 4.46. The Morgan fingerprint density at radius 1 is 1.50 bits per heavy atom. The predicted octanol–water partition coefficient (Wildman–Crippen LogP) is 1.18. The first-order valence-corrected chi connectivity index (χ1v) is 4.46. The molecule has 0 aromatic rings. The average molecular weight is 212 g/mol. The van der Waals surface area contributed by atoms with Gasteiger partial charge in [0.25, 0.3) is 0 Å². The molecule has 84 valence electrons. The SMILES string of the molecule is CCC(NCCCC(F)(F)F)C(N)=O. The minimum Gasteiger partial charge on any atom is -0.368 e. The fourth-order valence-electron chi connectivity index (χ4n) is 1.01. The smallest absolute Gasteiger partial charge is 0.368 e. The Morgan fingerprint density at radius 3 is 2.43 bits per heavy atom. The van der Waals surface area contributed by atoms with Crippen LogP contribution in [-0.2, 0) is 4.79 Å². The number of hydrogen-bond acceptors (Lipinski definition) is 2. The Kier molecular flexibility index (Phi) is 5.52. The van der Waals surface area contributed by atoms with Crippen LogP contribution in [0.5, 0.6) is 0 Å². The highest BCUT2D eigenvalue weighted by atomic mass is 19.4. The molecular weight excluding hydrogens is 197 g/mol. The molecule has 0 rings (SSSR count). The molecule has 0 bridgehead atoms. The molecule has 0 aliphatic carbocycles. The molecular formula is C8H15F3N2O. The first kappa shape index (κ1) is 13.2. The number of rotatable bonds is 6. The van der Waals surface area contributed by atoms with Crippen molar-refractivity contribution in [3.8, 4) is 0 Å². The number of primary amides is 1. The Morgan fingerprint density at radius 2 is 2.07 bits per heavy atom. The normalized spacial score (nSPS) is 14.0. The second-order valence-electron chi connectivity index (χ2n) is 3.04. The molecule has 0 radical (unpaired) electrons. The number of carbonyl (C=O) groups excluding carboxylic acids is 1. The zero-order chi connectivity index (χ0) is 11.2. The first-order chi connectivity index (χ1) is 6.37. The van der Waals surface area contributed by atoms with E-state index in [0.29, 0.717) is 6.42 Å². The summed E-state index contributed by atoms with van der Waals surface area (Å²) in [4.78, 5) is 10.7. The van der Waals surface area contributed by atoms with E-state index in [9.17, 15) is 18.0 Å². The van der Waals surface area contributed by atoms with Crippen molar-refractivity contribution < 1.29 is 18.0 Å². The summed E-state index contributed by atoms with van der Waals surface area (Å²) < 4.78 is 35.1. The van der Waals surface area contributed by atoms with Crippen LogP contribution in [0, 0.1) is 0 Å². The lowest BCUT2D eigenvalue weighted by Gasteiger charge is -2.13. The van der Waals surface area contributed by atoms with Gasteiger partial charge in [0.15, 0.2) is 0 Å². The Labute approximate surface area is 80.8 Å². The summed E-state index contributed by atoms with van der Waals surface area (Å²) in [6, 6.07) is -0.525. The molecule has 0 saturated heterocycles. The average Bonchev–Trinajstić information content (AvgIpc) is 2.01. The Hall–Kier alpha value is -0.780. The number of hydrogen-bond donors (Lipinski definition) is 2. The van der Waals surface area contributed by atoms with Crippen LogP contribution in [0.1, 0.15) is 26.2 Å². The van der Waals surface area contributed by atoms with Gasteiger partial charge in [-0.1, -0.05) is 6.92 Å². The molecule has 0 fully saturated rings. The van der Waals surface area contributed by atoms with Crippen LogP contribution in [0.4, 0.5) is 13.2 Å². The van der Waals surface area contributed by atoms with Crippen molar-refractivity contribution in [1.82, 2.24) is 5.32 Å². The predicted molar refractivity (Wildman–Crippen MR) is 46.6 cm³/mol. The molecule has 6 heteroatoms. The molecule has 0 aromatic carbocycles. The van der Waals surface area contributed by atoms with Crippen molar-refractivity contribution in [2.75, 3.05) is 6.54 Å². The van der Waals surface area contributed by atoms with Gasteiger partial charge in [0.05, 0.1) is 6.04 Å². The van der Waals surface area contributed by atoms with E-state index in [2.05, 4.69) is 5.32 Å². The van der Waals surface area contributed by atoms with Crippen LogP contribution in [0.2, 0.25) is 0 Å². The largest absolute Gasteiger partial charge is 0.389 e. The van der Waals surface area contributed by atoms with E-state index < -0.39 is 24.5 Å². The van der Waals surface area contributed by atoms with Gasteiger partial charge in [-0.3, -0.25) is 4.79 Å². The van der Waals surface area contributed by atoms with E-state index in [-0.39, 0.29) is 13.0 Å². The topological polar surface area (TPSA) is 55.1 Å². The van der Waals surface area contributed by atoms with E-state index >= 15 is 0 Å². The van der Waals surface area contributed by atoms with Gasteiger partial charge in [0, 0.05) is 6.42 Å². The third-order valence-corrected chi connectivity index (χ3v) is 1.78. The van der Waals surface area contributed by atoms with Gasteiger partial charge in [-0.05, 0) is 19.4 Å². The van der Waals surface area contributed by atoms with Crippen molar-refractivity contribution in [3.63, 3.8) is 0 Å². The minimum absolute atomic E-state index is 0.0344. The molecule has 3 nitrogen and oxygen atoms in total. The molecule has 1 unspecified atom stereocenters. The highest BCUT2D eigenvalue weighted by Gasteiger charge is 2.26. The maximum Gasteiger partial charge on any atom is 0.389 e. The van der Waals surface area contributed by atoms with Crippen molar-refractivity contribution in [2.45, 2.75) is 38.4 Å². The summed E-state index contributed by atoms with van der Waals surface area (Å²) in [6.45, 7) is 1.90. The van der Waals surface area contributed by atoms with Gasteiger partial charge in [-0.25, -0.2) is 0 Å². The van der Waals surface area contributed by atoms with E-state index in [1.165, 1.54) is 0 Å².